The van der Waals surface area contributed by atoms with Gasteiger partial charge in [0.2, 0.25) is 0 Å². The Morgan fingerprint density at radius 3 is 1.42 bits per heavy atom. The molecule has 10 heteroatoms. The normalized spacial score (nSPS) is 26.5. The lowest BCUT2D eigenvalue weighted by atomic mass is 9.88. The van der Waals surface area contributed by atoms with Crippen LogP contribution in [0.3, 0.4) is 0 Å². The van der Waals surface area contributed by atoms with Gasteiger partial charge in [-0.05, 0) is 86.5 Å². The monoisotopic (exact) mass is 664 g/mol. The van der Waals surface area contributed by atoms with E-state index in [1.165, 1.54) is 0 Å². The van der Waals surface area contributed by atoms with Gasteiger partial charge in [-0.2, -0.15) is 0 Å². The Morgan fingerprint density at radius 2 is 1.04 bits per heavy atom. The molecule has 1 spiro atoms. The fraction of sp³-hybridized carbons (Fsp3) is 0.657. The molecule has 0 N–H and O–H groups in total. The number of unbranched alkanes of at least 4 members (excludes halogenated alkanes) is 2. The van der Waals surface area contributed by atoms with E-state index in [0.29, 0.717) is 11.5 Å². The van der Waals surface area contributed by atoms with Gasteiger partial charge < -0.3 is 9.05 Å². The number of hydrogen-bond acceptors (Lipinski definition) is 8. The van der Waals surface area contributed by atoms with E-state index in [1.807, 2.05) is 0 Å². The summed E-state index contributed by atoms with van der Waals surface area (Å²) in [7, 11) is -7.84. The van der Waals surface area contributed by atoms with Gasteiger partial charge in [-0.3, -0.25) is 18.1 Å². The number of hydrogen-bond donors (Lipinski definition) is 0. The zero-order valence-corrected chi connectivity index (χ0v) is 30.4. The highest BCUT2D eigenvalue weighted by Crippen LogP contribution is 2.61. The van der Waals surface area contributed by atoms with Crippen LogP contribution in [0.15, 0.2) is 24.3 Å². The second-order valence-electron chi connectivity index (χ2n) is 13.2. The third kappa shape index (κ3) is 8.83. The van der Waals surface area contributed by atoms with Crippen molar-refractivity contribution in [2.75, 3.05) is 26.4 Å². The molecule has 2 unspecified atom stereocenters. The third-order valence-electron chi connectivity index (χ3n) is 9.09. The Morgan fingerprint density at radius 1 is 0.667 bits per heavy atom. The highest BCUT2D eigenvalue weighted by Gasteiger charge is 2.51. The molecule has 0 saturated carbocycles. The minimum absolute atomic E-state index is 0.0154. The van der Waals surface area contributed by atoms with Crippen molar-refractivity contribution in [1.29, 1.82) is 0 Å². The van der Waals surface area contributed by atoms with Gasteiger partial charge in [-0.25, -0.2) is 9.13 Å². The predicted octanol–water partition coefficient (Wildman–Crippen LogP) is 10.8. The van der Waals surface area contributed by atoms with Crippen molar-refractivity contribution in [3.8, 4) is 11.5 Å². The lowest BCUT2D eigenvalue weighted by molar-refractivity contribution is -0.0855. The summed E-state index contributed by atoms with van der Waals surface area (Å²) in [5.41, 5.74) is 5.57. The molecule has 2 aromatic rings. The largest absolute Gasteiger partial charge is 0.530 e. The minimum Gasteiger partial charge on any atom is -0.403 e. The van der Waals surface area contributed by atoms with E-state index in [0.717, 1.165) is 84.7 Å². The van der Waals surface area contributed by atoms with Crippen LogP contribution in [0.5, 0.6) is 11.5 Å². The Bertz CT molecular complexity index is 1320. The number of benzene rings is 2. The van der Waals surface area contributed by atoms with Crippen LogP contribution in [0, 0.1) is 19.3 Å². The summed E-state index contributed by atoms with van der Waals surface area (Å²) in [6, 6.07) is 8.41. The molecule has 2 heterocycles. The molecule has 2 aromatic carbocycles. The first-order chi connectivity index (χ1) is 21.4. The summed E-state index contributed by atoms with van der Waals surface area (Å²) in [5, 5.41) is 0. The average Bonchev–Trinajstić information content (AvgIpc) is 3.03. The molecule has 2 aliphatic heterocycles. The Hall–Kier alpha value is -1.66. The Balaban J connectivity index is 1.48. The number of phosphoric ester groups is 2. The SMILES string of the molecule is CCCCc1cc(C)cc(CCCC)c1OP1(=O)OCC2(CO1)COP(=O)(Oc1c(C(C)CC)cc(C)cc1C(C)CC)OC2. The van der Waals surface area contributed by atoms with Crippen LogP contribution < -0.4 is 9.05 Å². The van der Waals surface area contributed by atoms with Gasteiger partial charge in [0.1, 0.15) is 11.5 Å². The number of rotatable bonds is 14. The van der Waals surface area contributed by atoms with E-state index in [4.69, 9.17) is 27.1 Å². The molecule has 4 rings (SSSR count). The van der Waals surface area contributed by atoms with Gasteiger partial charge in [-0.1, -0.05) is 89.8 Å². The standard InChI is InChI=1S/C35H54O8P2/c1-9-13-15-29-17-25(5)18-30(16-14-10-2)33(29)42-44(36)38-21-35(22-39-44)23-40-45(37,41-24-35)43-34-31(27(7)11-3)19-26(6)20-32(34)28(8)12-4/h17-20,27-28H,9-16,21-24H2,1-8H3. The van der Waals surface area contributed by atoms with Crippen LogP contribution in [0.4, 0.5) is 0 Å². The van der Waals surface area contributed by atoms with Crippen LogP contribution in [0.25, 0.3) is 0 Å². The zero-order valence-electron chi connectivity index (χ0n) is 28.6. The van der Waals surface area contributed by atoms with Crippen LogP contribution >= 0.6 is 15.6 Å². The van der Waals surface area contributed by atoms with Crippen molar-refractivity contribution in [1.82, 2.24) is 0 Å². The van der Waals surface area contributed by atoms with E-state index in [-0.39, 0.29) is 38.3 Å². The first-order valence-corrected chi connectivity index (χ1v) is 19.8. The topological polar surface area (TPSA) is 89.5 Å². The summed E-state index contributed by atoms with van der Waals surface area (Å²) in [5.74, 6) is 1.62. The van der Waals surface area contributed by atoms with Crippen LogP contribution in [0.1, 0.15) is 125 Å². The summed E-state index contributed by atoms with van der Waals surface area (Å²) in [4.78, 5) is 0. The predicted molar refractivity (Wildman–Crippen MR) is 180 cm³/mol. The van der Waals surface area contributed by atoms with E-state index in [2.05, 4.69) is 79.7 Å². The van der Waals surface area contributed by atoms with E-state index >= 15 is 0 Å². The molecule has 2 saturated heterocycles. The first-order valence-electron chi connectivity index (χ1n) is 16.8. The molecule has 45 heavy (non-hydrogen) atoms. The maximum Gasteiger partial charge on any atom is 0.530 e. The zero-order chi connectivity index (χ0) is 32.8. The second kappa shape index (κ2) is 15.5. The maximum atomic E-state index is 13.9. The molecule has 0 bridgehead atoms. The molecule has 0 aromatic heterocycles. The van der Waals surface area contributed by atoms with Crippen LogP contribution in [0.2, 0.25) is 0 Å². The number of aryl methyl sites for hydroxylation is 4. The molecule has 0 amide bonds. The first kappa shape index (κ1) is 36.2. The number of phosphoric acid groups is 2. The van der Waals surface area contributed by atoms with Gasteiger partial charge in [0.05, 0.1) is 31.8 Å². The molecule has 8 nitrogen and oxygen atoms in total. The van der Waals surface area contributed by atoms with Crippen molar-refractivity contribution in [3.63, 3.8) is 0 Å². The molecule has 2 fully saturated rings. The van der Waals surface area contributed by atoms with Gasteiger partial charge >= 0.3 is 15.6 Å². The van der Waals surface area contributed by atoms with Crippen molar-refractivity contribution in [3.05, 3.63) is 57.6 Å². The highest BCUT2D eigenvalue weighted by atomic mass is 31.2. The molecule has 2 atom stereocenters. The lowest BCUT2D eigenvalue weighted by Gasteiger charge is -2.42. The highest BCUT2D eigenvalue weighted by molar-refractivity contribution is 7.49. The third-order valence-corrected chi connectivity index (χ3v) is 11.7. The summed E-state index contributed by atoms with van der Waals surface area (Å²) >= 11 is 0. The summed E-state index contributed by atoms with van der Waals surface area (Å²) < 4.78 is 63.5. The van der Waals surface area contributed by atoms with Crippen molar-refractivity contribution in [2.45, 2.75) is 119 Å². The average molecular weight is 665 g/mol. The van der Waals surface area contributed by atoms with Gasteiger partial charge in [0.25, 0.3) is 0 Å². The Kier molecular flexibility index (Phi) is 12.5. The minimum atomic E-state index is -3.94. The van der Waals surface area contributed by atoms with Crippen LogP contribution in [-0.4, -0.2) is 26.4 Å². The molecule has 0 radical (unpaired) electrons. The van der Waals surface area contributed by atoms with Gasteiger partial charge in [-0.15, -0.1) is 0 Å². The second-order valence-corrected chi connectivity index (χ2v) is 16.4. The lowest BCUT2D eigenvalue weighted by Crippen LogP contribution is -2.46. The van der Waals surface area contributed by atoms with E-state index in [9.17, 15) is 9.13 Å². The van der Waals surface area contributed by atoms with Crippen molar-refractivity contribution < 1.29 is 36.3 Å². The van der Waals surface area contributed by atoms with Gasteiger partial charge in [0.15, 0.2) is 0 Å². The van der Waals surface area contributed by atoms with E-state index in [1.54, 1.807) is 0 Å². The Labute approximate surface area is 271 Å². The summed E-state index contributed by atoms with van der Waals surface area (Å²) in [6.07, 6.45) is 7.56. The molecule has 2 aliphatic rings. The fourth-order valence-corrected chi connectivity index (χ4v) is 8.76. The molecule has 252 valence electrons. The molecular formula is C35H54O8P2. The van der Waals surface area contributed by atoms with E-state index < -0.39 is 21.1 Å². The van der Waals surface area contributed by atoms with Crippen LogP contribution in [-0.2, 0) is 40.1 Å². The molecule has 0 aliphatic carbocycles. The summed E-state index contributed by atoms with van der Waals surface area (Å²) in [6.45, 7) is 17.1. The fourth-order valence-electron chi connectivity index (χ4n) is 5.78. The maximum absolute atomic E-state index is 13.9. The van der Waals surface area contributed by atoms with Crippen molar-refractivity contribution in [2.24, 2.45) is 5.41 Å². The quantitative estimate of drug-likeness (QED) is 0.184. The smallest absolute Gasteiger partial charge is 0.403 e. The molecular weight excluding hydrogens is 610 g/mol. The van der Waals surface area contributed by atoms with Crippen molar-refractivity contribution >= 4 is 15.6 Å². The van der Waals surface area contributed by atoms with Gasteiger partial charge in [0, 0.05) is 0 Å².